The first-order chi connectivity index (χ1) is 12.5. The summed E-state index contributed by atoms with van der Waals surface area (Å²) in [5, 5.41) is 0. The molecule has 1 fully saturated rings. The second-order valence-corrected chi connectivity index (χ2v) is 9.62. The molecule has 3 rings (SSSR count). The lowest BCUT2D eigenvalue weighted by molar-refractivity contribution is -0.137. The van der Waals surface area contributed by atoms with Crippen molar-refractivity contribution in [2.45, 2.75) is 17.5 Å². The van der Waals surface area contributed by atoms with Gasteiger partial charge >= 0.3 is 6.18 Å². The summed E-state index contributed by atoms with van der Waals surface area (Å²) < 4.78 is 90.6. The Morgan fingerprint density at radius 1 is 1.04 bits per heavy atom. The molecule has 0 aromatic heterocycles. The Balaban J connectivity index is 1.90. The molecule has 0 saturated carbocycles. The number of hydrogen-bond donors (Lipinski definition) is 1. The molecule has 1 N–H and O–H groups in total. The number of hydrogen-bond acceptors (Lipinski definition) is 4. The van der Waals surface area contributed by atoms with Crippen LogP contribution in [0, 0.1) is 0 Å². The summed E-state index contributed by atoms with van der Waals surface area (Å²) in [4.78, 5) is -0.545. The highest BCUT2D eigenvalue weighted by molar-refractivity contribution is 7.93. The minimum absolute atomic E-state index is 0.00713. The first-order valence-corrected chi connectivity index (χ1v) is 10.9. The van der Waals surface area contributed by atoms with Gasteiger partial charge in [-0.15, -0.1) is 0 Å². The summed E-state index contributed by atoms with van der Waals surface area (Å²) >= 11 is 0. The molecular weight excluding hydrogens is 405 g/mol. The van der Waals surface area contributed by atoms with E-state index in [1.54, 1.807) is 0 Å². The van der Waals surface area contributed by atoms with Gasteiger partial charge in [-0.05, 0) is 42.8 Å². The summed E-state index contributed by atoms with van der Waals surface area (Å²) in [6, 6.07) is 9.06. The topological polar surface area (TPSA) is 83.6 Å². The predicted octanol–water partition coefficient (Wildman–Crippen LogP) is 3.05. The second-order valence-electron chi connectivity index (χ2n) is 5.92. The van der Waals surface area contributed by atoms with Crippen molar-refractivity contribution in [3.8, 4) is 0 Å². The van der Waals surface area contributed by atoms with Gasteiger partial charge in [0.25, 0.3) is 10.0 Å². The van der Waals surface area contributed by atoms with Gasteiger partial charge in [0.2, 0.25) is 10.0 Å². The van der Waals surface area contributed by atoms with Crippen molar-refractivity contribution >= 4 is 31.4 Å². The fraction of sp³-hybridized carbons (Fsp3) is 0.250. The van der Waals surface area contributed by atoms with Crippen LogP contribution in [0.5, 0.6) is 0 Å². The van der Waals surface area contributed by atoms with Crippen LogP contribution in [-0.4, -0.2) is 29.1 Å². The SMILES string of the molecule is O=S(=O)(Nc1cccc(N2CCCS2(=O)=O)c1)c1cccc(C(F)(F)F)c1. The lowest BCUT2D eigenvalue weighted by Gasteiger charge is -2.18. The third kappa shape index (κ3) is 4.19. The van der Waals surface area contributed by atoms with Gasteiger partial charge in [-0.2, -0.15) is 13.2 Å². The van der Waals surface area contributed by atoms with E-state index in [-0.39, 0.29) is 23.7 Å². The van der Waals surface area contributed by atoms with Crippen LogP contribution < -0.4 is 9.03 Å². The maximum Gasteiger partial charge on any atom is 0.416 e. The molecule has 1 saturated heterocycles. The fourth-order valence-corrected chi connectivity index (χ4v) is 5.36. The minimum Gasteiger partial charge on any atom is -0.280 e. The van der Waals surface area contributed by atoms with Gasteiger partial charge in [-0.25, -0.2) is 16.8 Å². The minimum atomic E-state index is -4.67. The number of anilines is 2. The molecule has 0 bridgehead atoms. The highest BCUT2D eigenvalue weighted by Gasteiger charge is 2.32. The Bertz CT molecular complexity index is 1070. The van der Waals surface area contributed by atoms with E-state index in [1.165, 1.54) is 28.6 Å². The van der Waals surface area contributed by atoms with E-state index in [2.05, 4.69) is 4.72 Å². The standard InChI is InChI=1S/C16H15F3N2O4S2/c17-16(18,19)12-4-1-7-15(10-12)27(24,25)20-13-5-2-6-14(11-13)21-8-3-9-26(21,22)23/h1-2,4-7,10-11,20H,3,8-9H2. The van der Waals surface area contributed by atoms with Crippen LogP contribution in [0.2, 0.25) is 0 Å². The number of nitrogens with zero attached hydrogens (tertiary/aromatic N) is 1. The summed E-state index contributed by atoms with van der Waals surface area (Å²) in [5.41, 5.74) is -0.744. The summed E-state index contributed by atoms with van der Waals surface area (Å²) in [7, 11) is -7.73. The maximum absolute atomic E-state index is 12.8. The number of sulfonamides is 2. The van der Waals surface area contributed by atoms with Crippen LogP contribution in [0.4, 0.5) is 24.5 Å². The molecule has 0 unspecified atom stereocenters. The van der Waals surface area contributed by atoms with Crippen molar-refractivity contribution in [1.29, 1.82) is 0 Å². The van der Waals surface area contributed by atoms with E-state index in [4.69, 9.17) is 0 Å². The molecule has 0 atom stereocenters. The zero-order chi connectivity index (χ0) is 19.9. The van der Waals surface area contributed by atoms with Crippen LogP contribution in [-0.2, 0) is 26.2 Å². The van der Waals surface area contributed by atoms with Crippen molar-refractivity contribution < 1.29 is 30.0 Å². The third-order valence-corrected chi connectivity index (χ3v) is 7.21. The first-order valence-electron chi connectivity index (χ1n) is 7.80. The summed E-state index contributed by atoms with van der Waals surface area (Å²) in [6.07, 6.45) is -4.21. The largest absolute Gasteiger partial charge is 0.416 e. The smallest absolute Gasteiger partial charge is 0.280 e. The Labute approximate surface area is 154 Å². The van der Waals surface area contributed by atoms with Crippen LogP contribution >= 0.6 is 0 Å². The van der Waals surface area contributed by atoms with E-state index >= 15 is 0 Å². The number of alkyl halides is 3. The van der Waals surface area contributed by atoms with Gasteiger partial charge in [-0.3, -0.25) is 9.03 Å². The van der Waals surface area contributed by atoms with E-state index < -0.39 is 36.7 Å². The van der Waals surface area contributed by atoms with Crippen molar-refractivity contribution in [1.82, 2.24) is 0 Å². The third-order valence-electron chi connectivity index (χ3n) is 3.96. The van der Waals surface area contributed by atoms with Gasteiger partial charge in [0, 0.05) is 6.54 Å². The van der Waals surface area contributed by atoms with Crippen molar-refractivity contribution in [2.24, 2.45) is 0 Å². The van der Waals surface area contributed by atoms with E-state index in [9.17, 15) is 30.0 Å². The molecule has 6 nitrogen and oxygen atoms in total. The molecule has 27 heavy (non-hydrogen) atoms. The van der Waals surface area contributed by atoms with Crippen LogP contribution in [0.3, 0.4) is 0 Å². The summed E-state index contributed by atoms with van der Waals surface area (Å²) in [5.74, 6) is 0.00713. The molecule has 2 aromatic carbocycles. The molecule has 11 heteroatoms. The van der Waals surface area contributed by atoms with E-state index in [0.29, 0.717) is 12.5 Å². The van der Waals surface area contributed by atoms with E-state index in [1.807, 2.05) is 0 Å². The van der Waals surface area contributed by atoms with Crippen molar-refractivity contribution in [3.63, 3.8) is 0 Å². The maximum atomic E-state index is 12.8. The van der Waals surface area contributed by atoms with Crippen molar-refractivity contribution in [3.05, 3.63) is 54.1 Å². The van der Waals surface area contributed by atoms with Crippen LogP contribution in [0.25, 0.3) is 0 Å². The second kappa shape index (κ2) is 6.71. The van der Waals surface area contributed by atoms with Gasteiger partial charge in [0.05, 0.1) is 27.6 Å². The molecular formula is C16H15F3N2O4S2. The lowest BCUT2D eigenvalue weighted by atomic mass is 10.2. The highest BCUT2D eigenvalue weighted by Crippen LogP contribution is 2.31. The number of benzene rings is 2. The molecule has 0 aliphatic carbocycles. The van der Waals surface area contributed by atoms with Gasteiger partial charge in [0.15, 0.2) is 0 Å². The normalized spacial score (nSPS) is 17.1. The predicted molar refractivity (Wildman–Crippen MR) is 94.4 cm³/mol. The van der Waals surface area contributed by atoms with Gasteiger partial charge in [0.1, 0.15) is 0 Å². The first kappa shape index (κ1) is 19.5. The lowest BCUT2D eigenvalue weighted by Crippen LogP contribution is -2.25. The Kier molecular flexibility index (Phi) is 4.85. The molecule has 0 amide bonds. The highest BCUT2D eigenvalue weighted by atomic mass is 32.2. The zero-order valence-corrected chi connectivity index (χ0v) is 15.4. The van der Waals surface area contributed by atoms with Crippen LogP contribution in [0.15, 0.2) is 53.4 Å². The fourth-order valence-electron chi connectivity index (χ4n) is 2.71. The Morgan fingerprint density at radius 3 is 2.37 bits per heavy atom. The average Bonchev–Trinajstić information content (AvgIpc) is 2.93. The zero-order valence-electron chi connectivity index (χ0n) is 13.8. The quantitative estimate of drug-likeness (QED) is 0.824. The Morgan fingerprint density at radius 2 is 1.74 bits per heavy atom. The van der Waals surface area contributed by atoms with Gasteiger partial charge < -0.3 is 0 Å². The molecule has 0 spiro atoms. The Hall–Kier alpha value is -2.27. The molecule has 1 aliphatic rings. The van der Waals surface area contributed by atoms with Crippen molar-refractivity contribution in [2.75, 3.05) is 21.3 Å². The molecule has 1 heterocycles. The van der Waals surface area contributed by atoms with E-state index in [0.717, 1.165) is 18.2 Å². The molecule has 1 aliphatic heterocycles. The van der Waals surface area contributed by atoms with Gasteiger partial charge in [-0.1, -0.05) is 12.1 Å². The molecule has 146 valence electrons. The number of halogens is 3. The molecule has 2 aromatic rings. The number of nitrogens with one attached hydrogen (secondary N) is 1. The summed E-state index contributed by atoms with van der Waals surface area (Å²) in [6.45, 7) is 0.284. The van der Waals surface area contributed by atoms with Crippen LogP contribution in [0.1, 0.15) is 12.0 Å². The average molecular weight is 420 g/mol. The molecule has 0 radical (unpaired) electrons. The number of rotatable bonds is 4. The monoisotopic (exact) mass is 420 g/mol.